The van der Waals surface area contributed by atoms with E-state index in [1.807, 2.05) is 55.7 Å². The highest BCUT2D eigenvalue weighted by Crippen LogP contribution is 2.29. The first-order valence-electron chi connectivity index (χ1n) is 12.0. The van der Waals surface area contributed by atoms with Gasteiger partial charge in [-0.2, -0.15) is 5.21 Å². The summed E-state index contributed by atoms with van der Waals surface area (Å²) in [5.41, 5.74) is 4.27. The third-order valence-electron chi connectivity index (χ3n) is 5.98. The Morgan fingerprint density at radius 3 is 2.58 bits per heavy atom. The van der Waals surface area contributed by atoms with E-state index in [1.54, 1.807) is 9.25 Å². The Balaban J connectivity index is 1.46. The molecule has 0 aliphatic carbocycles. The monoisotopic (exact) mass is 485 g/mol. The van der Waals surface area contributed by atoms with Gasteiger partial charge in [-0.05, 0) is 46.5 Å². The topological polar surface area (TPSA) is 138 Å². The van der Waals surface area contributed by atoms with Gasteiger partial charge in [-0.1, -0.05) is 55.7 Å². The van der Waals surface area contributed by atoms with Gasteiger partial charge in [0.05, 0.1) is 12.2 Å². The number of aromatic amines is 1. The zero-order valence-corrected chi connectivity index (χ0v) is 20.2. The third kappa shape index (κ3) is 4.57. The molecule has 0 aliphatic rings. The van der Waals surface area contributed by atoms with Crippen LogP contribution in [-0.4, -0.2) is 54.9 Å². The summed E-state index contributed by atoms with van der Waals surface area (Å²) in [6.45, 7) is 5.17. The van der Waals surface area contributed by atoms with Crippen molar-refractivity contribution in [2.24, 2.45) is 0 Å². The predicted molar refractivity (Wildman–Crippen MR) is 132 cm³/mol. The van der Waals surface area contributed by atoms with Gasteiger partial charge in [-0.25, -0.2) is 14.0 Å². The molecule has 184 valence electrons. The van der Waals surface area contributed by atoms with Crippen LogP contribution in [0.15, 0.2) is 53.6 Å². The highest BCUT2D eigenvalue weighted by molar-refractivity contribution is 5.79. The maximum Gasteiger partial charge on any atom is 0.335 e. The van der Waals surface area contributed by atoms with Crippen LogP contribution in [0.5, 0.6) is 0 Å². The van der Waals surface area contributed by atoms with E-state index in [2.05, 4.69) is 48.1 Å². The maximum absolute atomic E-state index is 13.4. The van der Waals surface area contributed by atoms with Crippen molar-refractivity contribution in [3.63, 3.8) is 0 Å². The zero-order valence-electron chi connectivity index (χ0n) is 20.2. The van der Waals surface area contributed by atoms with Crippen molar-refractivity contribution in [1.29, 1.82) is 0 Å². The van der Waals surface area contributed by atoms with Crippen LogP contribution in [0, 0.1) is 0 Å². The van der Waals surface area contributed by atoms with Gasteiger partial charge < -0.3 is 0 Å². The molecule has 0 bridgehead atoms. The second-order valence-corrected chi connectivity index (χ2v) is 8.48. The lowest BCUT2D eigenvalue weighted by Gasteiger charge is -2.09. The molecule has 12 nitrogen and oxygen atoms in total. The molecule has 0 saturated heterocycles. The molecule has 0 spiro atoms. The predicted octanol–water partition coefficient (Wildman–Crippen LogP) is 2.67. The SMILES string of the molecule is CCCCc1cn(-c2nnnn2CCC)c(=O)n1Cc1ccc(-c2ccccc2-c2nn[nH]n2)cn1. The van der Waals surface area contributed by atoms with Gasteiger partial charge >= 0.3 is 5.69 Å². The number of aromatic nitrogens is 11. The minimum absolute atomic E-state index is 0.179. The molecule has 4 aromatic heterocycles. The summed E-state index contributed by atoms with van der Waals surface area (Å²) in [5.74, 6) is 0.952. The van der Waals surface area contributed by atoms with Crippen molar-refractivity contribution >= 4 is 0 Å². The molecule has 5 rings (SSSR count). The fraction of sp³-hybridized carbons (Fsp3) is 0.333. The van der Waals surface area contributed by atoms with E-state index in [1.165, 1.54) is 4.57 Å². The van der Waals surface area contributed by atoms with Crippen LogP contribution in [0.25, 0.3) is 28.5 Å². The summed E-state index contributed by atoms with van der Waals surface area (Å²) >= 11 is 0. The Morgan fingerprint density at radius 2 is 1.86 bits per heavy atom. The van der Waals surface area contributed by atoms with Crippen molar-refractivity contribution in [3.8, 4) is 28.5 Å². The second-order valence-electron chi connectivity index (χ2n) is 8.48. The van der Waals surface area contributed by atoms with Gasteiger partial charge in [0.1, 0.15) is 0 Å². The smallest absolute Gasteiger partial charge is 0.290 e. The number of imidazole rings is 1. The molecular formula is C24H27N11O. The number of unbranched alkanes of at least 4 members (excludes halogenated alkanes) is 1. The molecule has 5 aromatic rings. The maximum atomic E-state index is 13.4. The summed E-state index contributed by atoms with van der Waals surface area (Å²) in [6, 6.07) is 11.8. The van der Waals surface area contributed by atoms with Crippen LogP contribution in [0.1, 0.15) is 44.5 Å². The molecule has 0 aliphatic heterocycles. The number of nitrogens with one attached hydrogen (secondary N) is 1. The van der Waals surface area contributed by atoms with Crippen LogP contribution in [0.2, 0.25) is 0 Å². The average molecular weight is 486 g/mol. The first-order chi connectivity index (χ1) is 17.7. The molecule has 12 heteroatoms. The Kier molecular flexibility index (Phi) is 6.74. The number of H-pyrrole nitrogens is 1. The lowest BCUT2D eigenvalue weighted by atomic mass is 10.0. The largest absolute Gasteiger partial charge is 0.335 e. The van der Waals surface area contributed by atoms with Gasteiger partial charge in [0.2, 0.25) is 5.82 Å². The molecule has 1 aromatic carbocycles. The lowest BCUT2D eigenvalue weighted by molar-refractivity contribution is 0.562. The number of tetrazole rings is 2. The molecule has 36 heavy (non-hydrogen) atoms. The van der Waals surface area contributed by atoms with Crippen molar-refractivity contribution in [2.75, 3.05) is 0 Å². The van der Waals surface area contributed by atoms with E-state index in [0.29, 0.717) is 24.9 Å². The summed E-state index contributed by atoms with van der Waals surface area (Å²) in [6.07, 6.45) is 7.31. The Bertz CT molecular complexity index is 1480. The lowest BCUT2D eigenvalue weighted by Crippen LogP contribution is -2.27. The number of hydrogen-bond acceptors (Lipinski definition) is 8. The molecule has 0 amide bonds. The molecule has 0 atom stereocenters. The number of rotatable bonds is 10. The van der Waals surface area contributed by atoms with Crippen molar-refractivity contribution in [1.82, 2.24) is 54.9 Å². The summed E-state index contributed by atoms with van der Waals surface area (Å²) < 4.78 is 4.95. The van der Waals surface area contributed by atoms with Crippen LogP contribution >= 0.6 is 0 Å². The standard InChI is InChI=1S/C24H27N11O/c1-3-5-8-19-16-34(23-28-31-32-35(23)13-4-2)24(36)33(19)15-18-12-11-17(14-25-18)20-9-6-7-10-21(20)22-26-29-30-27-22/h6-7,9-12,14,16H,3-5,8,13,15H2,1-2H3,(H,26,27,29,30). The summed E-state index contributed by atoms with van der Waals surface area (Å²) in [5, 5.41) is 26.3. The first-order valence-corrected chi connectivity index (χ1v) is 12.0. The van der Waals surface area contributed by atoms with Crippen LogP contribution in [0.3, 0.4) is 0 Å². The first kappa shape index (κ1) is 23.3. The molecule has 4 heterocycles. The van der Waals surface area contributed by atoms with Crippen molar-refractivity contribution in [2.45, 2.75) is 52.6 Å². The number of aryl methyl sites for hydroxylation is 2. The van der Waals surface area contributed by atoms with E-state index >= 15 is 0 Å². The summed E-state index contributed by atoms with van der Waals surface area (Å²) in [7, 11) is 0. The molecule has 0 saturated carbocycles. The molecule has 1 N–H and O–H groups in total. The van der Waals surface area contributed by atoms with Crippen LogP contribution < -0.4 is 5.69 Å². The van der Waals surface area contributed by atoms with Crippen molar-refractivity contribution in [3.05, 3.63) is 70.7 Å². The van der Waals surface area contributed by atoms with Crippen LogP contribution in [-0.2, 0) is 19.5 Å². The third-order valence-corrected chi connectivity index (χ3v) is 5.98. The van der Waals surface area contributed by atoms with Crippen molar-refractivity contribution < 1.29 is 0 Å². The summed E-state index contributed by atoms with van der Waals surface area (Å²) in [4.78, 5) is 18.1. The van der Waals surface area contributed by atoms with E-state index in [-0.39, 0.29) is 5.69 Å². The molecular weight excluding hydrogens is 458 g/mol. The Morgan fingerprint density at radius 1 is 1.00 bits per heavy atom. The van der Waals surface area contributed by atoms with Gasteiger partial charge in [0.15, 0.2) is 0 Å². The Labute approximate surface area is 207 Å². The fourth-order valence-corrected chi connectivity index (χ4v) is 4.17. The van der Waals surface area contributed by atoms with E-state index in [4.69, 9.17) is 0 Å². The highest BCUT2D eigenvalue weighted by Gasteiger charge is 2.18. The van der Waals surface area contributed by atoms with E-state index in [9.17, 15) is 4.79 Å². The van der Waals surface area contributed by atoms with Gasteiger partial charge in [-0.3, -0.25) is 9.55 Å². The average Bonchev–Trinajstić information content (AvgIpc) is 3.66. The number of hydrogen-bond donors (Lipinski definition) is 1. The van der Waals surface area contributed by atoms with E-state index < -0.39 is 0 Å². The highest BCUT2D eigenvalue weighted by atomic mass is 16.2. The normalized spacial score (nSPS) is 11.3. The quantitative estimate of drug-likeness (QED) is 0.319. The number of benzene rings is 1. The number of pyridine rings is 1. The van der Waals surface area contributed by atoms with Gasteiger partial charge in [0.25, 0.3) is 5.95 Å². The van der Waals surface area contributed by atoms with E-state index in [0.717, 1.165) is 53.8 Å². The van der Waals surface area contributed by atoms with Crippen LogP contribution in [0.4, 0.5) is 0 Å². The fourth-order valence-electron chi connectivity index (χ4n) is 4.17. The minimum Gasteiger partial charge on any atom is -0.290 e. The van der Waals surface area contributed by atoms with Gasteiger partial charge in [0, 0.05) is 35.8 Å². The van der Waals surface area contributed by atoms with Gasteiger partial charge in [-0.15, -0.1) is 10.2 Å². The Hall–Kier alpha value is -4.48. The second kappa shape index (κ2) is 10.4. The minimum atomic E-state index is -0.179. The molecule has 0 fully saturated rings. The molecule has 0 unspecified atom stereocenters. The zero-order chi connectivity index (χ0) is 24.9. The number of nitrogens with zero attached hydrogens (tertiary/aromatic N) is 10. The molecule has 0 radical (unpaired) electrons.